The van der Waals surface area contributed by atoms with E-state index in [1.165, 1.54) is 0 Å². The standard InChI is InChI=1S/C24H30N8/c1-4-7-18(5-2)20(16-25)29-22-9-6-8-19(28-22)21-17-27-24-23(26-10-11-32(21)24)31-14-12-30(3)13-15-31/h4-11,17,20H,1-2,12-16,25H2,3H3,(H,28,29)/b18-7+. The normalized spacial score (nSPS) is 16.2. The Hall–Kier alpha value is -3.49. The molecule has 0 bridgehead atoms. The van der Waals surface area contributed by atoms with Crippen molar-refractivity contribution >= 4 is 17.3 Å². The van der Waals surface area contributed by atoms with Crippen LogP contribution in [0.3, 0.4) is 0 Å². The van der Waals surface area contributed by atoms with Crippen LogP contribution in [0, 0.1) is 0 Å². The third-order valence-electron chi connectivity index (χ3n) is 5.73. The summed E-state index contributed by atoms with van der Waals surface area (Å²) in [6.07, 6.45) is 11.0. The molecule has 166 valence electrons. The van der Waals surface area contributed by atoms with Crippen LogP contribution in [0.4, 0.5) is 11.6 Å². The second kappa shape index (κ2) is 9.76. The molecule has 3 N–H and O–H groups in total. The Balaban J connectivity index is 1.64. The predicted molar refractivity (Wildman–Crippen MR) is 131 cm³/mol. The molecule has 3 aromatic heterocycles. The summed E-state index contributed by atoms with van der Waals surface area (Å²) in [6, 6.07) is 5.78. The van der Waals surface area contributed by atoms with Crippen molar-refractivity contribution < 1.29 is 0 Å². The molecule has 8 heteroatoms. The van der Waals surface area contributed by atoms with Gasteiger partial charge >= 0.3 is 0 Å². The fourth-order valence-corrected chi connectivity index (χ4v) is 3.91. The van der Waals surface area contributed by atoms with Crippen LogP contribution < -0.4 is 16.0 Å². The van der Waals surface area contributed by atoms with E-state index in [1.54, 1.807) is 12.2 Å². The Morgan fingerprint density at radius 3 is 2.75 bits per heavy atom. The number of pyridine rings is 1. The first-order valence-electron chi connectivity index (χ1n) is 10.8. The quantitative estimate of drug-likeness (QED) is 0.531. The summed E-state index contributed by atoms with van der Waals surface area (Å²) in [5, 5.41) is 3.40. The predicted octanol–water partition coefficient (Wildman–Crippen LogP) is 2.58. The molecule has 8 nitrogen and oxygen atoms in total. The molecule has 0 amide bonds. The number of likely N-dealkylation sites (N-methyl/N-ethyl adjacent to an activating group) is 1. The van der Waals surface area contributed by atoms with Crippen molar-refractivity contribution in [3.8, 4) is 11.4 Å². The number of piperazine rings is 1. The molecule has 1 unspecified atom stereocenters. The van der Waals surface area contributed by atoms with E-state index in [0.29, 0.717) is 6.54 Å². The Morgan fingerprint density at radius 2 is 2.03 bits per heavy atom. The van der Waals surface area contributed by atoms with Crippen LogP contribution in [-0.4, -0.2) is 70.1 Å². The number of imidazole rings is 1. The van der Waals surface area contributed by atoms with Gasteiger partial charge in [-0.1, -0.05) is 37.5 Å². The lowest BCUT2D eigenvalue weighted by Gasteiger charge is -2.33. The first kappa shape index (κ1) is 21.7. The maximum atomic E-state index is 5.99. The maximum absolute atomic E-state index is 5.99. The number of hydrogen-bond donors (Lipinski definition) is 2. The van der Waals surface area contributed by atoms with E-state index in [9.17, 15) is 0 Å². The van der Waals surface area contributed by atoms with Gasteiger partial charge in [0.05, 0.1) is 23.6 Å². The summed E-state index contributed by atoms with van der Waals surface area (Å²) in [4.78, 5) is 18.8. The minimum absolute atomic E-state index is 0.108. The number of fused-ring (bicyclic) bond motifs is 1. The summed E-state index contributed by atoms with van der Waals surface area (Å²) in [6.45, 7) is 12.0. The van der Waals surface area contributed by atoms with Crippen LogP contribution in [-0.2, 0) is 0 Å². The largest absolute Gasteiger partial charge is 0.362 e. The number of anilines is 2. The van der Waals surface area contributed by atoms with Gasteiger partial charge in [0.1, 0.15) is 5.82 Å². The lowest BCUT2D eigenvalue weighted by molar-refractivity contribution is 0.312. The van der Waals surface area contributed by atoms with Crippen molar-refractivity contribution in [3.63, 3.8) is 0 Å². The summed E-state index contributed by atoms with van der Waals surface area (Å²) in [5.41, 5.74) is 9.53. The third-order valence-corrected chi connectivity index (χ3v) is 5.73. The zero-order valence-corrected chi connectivity index (χ0v) is 18.5. The Labute approximate surface area is 188 Å². The van der Waals surface area contributed by atoms with Gasteiger partial charge in [-0.15, -0.1) is 0 Å². The molecule has 1 fully saturated rings. The highest BCUT2D eigenvalue weighted by atomic mass is 15.3. The van der Waals surface area contributed by atoms with Crippen molar-refractivity contribution in [3.05, 3.63) is 73.7 Å². The molecule has 0 aliphatic carbocycles. The zero-order chi connectivity index (χ0) is 22.5. The van der Waals surface area contributed by atoms with E-state index < -0.39 is 0 Å². The summed E-state index contributed by atoms with van der Waals surface area (Å²) in [7, 11) is 2.14. The van der Waals surface area contributed by atoms with Crippen LogP contribution >= 0.6 is 0 Å². The highest BCUT2D eigenvalue weighted by molar-refractivity contribution is 5.70. The van der Waals surface area contributed by atoms with E-state index in [0.717, 1.165) is 60.4 Å². The van der Waals surface area contributed by atoms with Gasteiger partial charge in [0.15, 0.2) is 11.5 Å². The zero-order valence-electron chi connectivity index (χ0n) is 18.5. The number of nitrogens with zero attached hydrogens (tertiary/aromatic N) is 6. The SMILES string of the molecule is C=C/C=C(\C=C)C(CN)Nc1cccc(-c2cnc3c(N4CCN(C)CC4)nccn23)n1. The fraction of sp³-hybridized carbons (Fsp3) is 0.292. The highest BCUT2D eigenvalue weighted by Gasteiger charge is 2.20. The number of hydrogen-bond acceptors (Lipinski definition) is 7. The lowest BCUT2D eigenvalue weighted by Crippen LogP contribution is -2.45. The van der Waals surface area contributed by atoms with E-state index in [4.69, 9.17) is 15.7 Å². The molecule has 1 atom stereocenters. The van der Waals surface area contributed by atoms with Crippen molar-refractivity contribution in [1.82, 2.24) is 24.3 Å². The van der Waals surface area contributed by atoms with Crippen molar-refractivity contribution in [2.45, 2.75) is 6.04 Å². The van der Waals surface area contributed by atoms with Gasteiger partial charge < -0.3 is 20.9 Å². The molecule has 32 heavy (non-hydrogen) atoms. The van der Waals surface area contributed by atoms with Gasteiger partial charge in [-0.3, -0.25) is 4.40 Å². The number of nitrogens with two attached hydrogens (primary N) is 1. The molecule has 4 rings (SSSR count). The molecule has 1 aliphatic heterocycles. The third kappa shape index (κ3) is 4.42. The van der Waals surface area contributed by atoms with Crippen molar-refractivity contribution in [2.24, 2.45) is 5.73 Å². The summed E-state index contributed by atoms with van der Waals surface area (Å²) < 4.78 is 2.06. The Kier molecular flexibility index (Phi) is 6.63. The fourth-order valence-electron chi connectivity index (χ4n) is 3.91. The van der Waals surface area contributed by atoms with E-state index in [1.807, 2.05) is 42.9 Å². The number of aromatic nitrogens is 4. The van der Waals surface area contributed by atoms with Crippen molar-refractivity contribution in [2.75, 3.05) is 50.0 Å². The lowest BCUT2D eigenvalue weighted by atomic mass is 10.1. The smallest absolute Gasteiger partial charge is 0.180 e. The molecule has 1 aliphatic rings. The molecule has 4 heterocycles. The van der Waals surface area contributed by atoms with E-state index >= 15 is 0 Å². The molecule has 0 spiro atoms. The molecule has 0 radical (unpaired) electrons. The van der Waals surface area contributed by atoms with E-state index in [2.05, 4.69) is 44.7 Å². The van der Waals surface area contributed by atoms with Gasteiger partial charge in [0.2, 0.25) is 0 Å². The molecule has 0 aromatic carbocycles. The average Bonchev–Trinajstić information content (AvgIpc) is 3.26. The molecule has 1 saturated heterocycles. The van der Waals surface area contributed by atoms with Gasteiger partial charge in [0.25, 0.3) is 0 Å². The van der Waals surface area contributed by atoms with Crippen LogP contribution in [0.5, 0.6) is 0 Å². The van der Waals surface area contributed by atoms with Gasteiger partial charge in [-0.2, -0.15) is 0 Å². The molecular formula is C24H30N8. The minimum Gasteiger partial charge on any atom is -0.362 e. The second-order valence-electron chi connectivity index (χ2n) is 7.83. The second-order valence-corrected chi connectivity index (χ2v) is 7.83. The Morgan fingerprint density at radius 1 is 1.22 bits per heavy atom. The minimum atomic E-state index is -0.108. The first-order chi connectivity index (χ1) is 15.6. The van der Waals surface area contributed by atoms with Crippen LogP contribution in [0.2, 0.25) is 0 Å². The van der Waals surface area contributed by atoms with Crippen LogP contribution in [0.1, 0.15) is 0 Å². The topological polar surface area (TPSA) is 87.6 Å². The number of rotatable bonds is 8. The van der Waals surface area contributed by atoms with Gasteiger partial charge in [-0.25, -0.2) is 15.0 Å². The molecule has 0 saturated carbocycles. The van der Waals surface area contributed by atoms with Gasteiger partial charge in [-0.05, 0) is 24.8 Å². The van der Waals surface area contributed by atoms with Crippen LogP contribution in [0.15, 0.2) is 73.7 Å². The summed E-state index contributed by atoms with van der Waals surface area (Å²) in [5.74, 6) is 1.65. The monoisotopic (exact) mass is 430 g/mol. The van der Waals surface area contributed by atoms with E-state index in [-0.39, 0.29) is 6.04 Å². The number of allylic oxidation sites excluding steroid dienone is 2. The Bertz CT molecular complexity index is 1120. The number of nitrogens with one attached hydrogen (secondary N) is 1. The first-order valence-corrected chi connectivity index (χ1v) is 10.8. The summed E-state index contributed by atoms with van der Waals surface area (Å²) >= 11 is 0. The molecule has 3 aromatic rings. The average molecular weight is 431 g/mol. The van der Waals surface area contributed by atoms with Crippen molar-refractivity contribution in [1.29, 1.82) is 0 Å². The van der Waals surface area contributed by atoms with Gasteiger partial charge in [0, 0.05) is 45.1 Å². The molecular weight excluding hydrogens is 400 g/mol. The van der Waals surface area contributed by atoms with Crippen LogP contribution in [0.25, 0.3) is 17.0 Å². The maximum Gasteiger partial charge on any atom is 0.180 e. The highest BCUT2D eigenvalue weighted by Crippen LogP contribution is 2.25.